The maximum absolute atomic E-state index is 14.1. The number of ketones is 1. The van der Waals surface area contributed by atoms with Crippen LogP contribution in [0.15, 0.2) is 54.3 Å². The van der Waals surface area contributed by atoms with Crippen molar-refractivity contribution in [1.82, 2.24) is 0 Å². The Bertz CT molecular complexity index is 579. The van der Waals surface area contributed by atoms with Gasteiger partial charge in [0.15, 0.2) is 11.6 Å². The van der Waals surface area contributed by atoms with Crippen molar-refractivity contribution in [2.45, 2.75) is 5.79 Å². The summed E-state index contributed by atoms with van der Waals surface area (Å²) in [6, 6.07) is 7.98. The second kappa shape index (κ2) is 4.74. The predicted octanol–water partition coefficient (Wildman–Crippen LogP) is 1.84. The van der Waals surface area contributed by atoms with Crippen molar-refractivity contribution in [3.8, 4) is 0 Å². The second-order valence-electron chi connectivity index (χ2n) is 4.22. The van der Waals surface area contributed by atoms with E-state index < -0.39 is 22.4 Å². The molecule has 2 N–H and O–H groups in total. The molecule has 2 rings (SSSR count). The van der Waals surface area contributed by atoms with Gasteiger partial charge in [-0.2, -0.15) is 0 Å². The number of carbonyl (C=O) groups excluding carboxylic acids is 1. The van der Waals surface area contributed by atoms with Gasteiger partial charge < -0.3 is 0 Å². The molecule has 2 atom stereocenters. The summed E-state index contributed by atoms with van der Waals surface area (Å²) in [5, 5.41) is 10.7. The molecule has 1 aliphatic rings. The second-order valence-corrected chi connectivity index (χ2v) is 4.22. The first-order valence-corrected chi connectivity index (χ1v) is 5.54. The monoisotopic (exact) mass is 262 g/mol. The summed E-state index contributed by atoms with van der Waals surface area (Å²) in [4.78, 5) is 22.2. The number of nitrogens with zero attached hydrogens (tertiary/aromatic N) is 1. The quantitative estimate of drug-likeness (QED) is 0.390. The van der Waals surface area contributed by atoms with E-state index in [-0.39, 0.29) is 11.3 Å². The summed E-state index contributed by atoms with van der Waals surface area (Å²) >= 11 is 0. The molecule has 0 unspecified atom stereocenters. The first-order valence-electron chi connectivity index (χ1n) is 5.54. The zero-order chi connectivity index (χ0) is 14.0. The number of Topliss-reactive ketones (excluding diaryl/α,β-unsaturated/α-hetero) is 1. The molecule has 0 aromatic heterocycles. The molecular weight excluding hydrogens is 251 g/mol. The Hall–Kier alpha value is -2.34. The molecule has 98 valence electrons. The Morgan fingerprint density at radius 2 is 2.00 bits per heavy atom. The molecule has 5 nitrogen and oxygen atoms in total. The number of nitrogens with two attached hydrogens (primary N) is 1. The summed E-state index contributed by atoms with van der Waals surface area (Å²) in [6.07, 6.45) is 2.76. The van der Waals surface area contributed by atoms with Crippen LogP contribution in [0, 0.1) is 16.0 Å². The molecule has 0 amide bonds. The smallest absolute Gasteiger partial charge is 0.266 e. The van der Waals surface area contributed by atoms with E-state index in [1.165, 1.54) is 12.1 Å². The van der Waals surface area contributed by atoms with Crippen LogP contribution >= 0.6 is 0 Å². The Balaban J connectivity index is 2.39. The lowest BCUT2D eigenvalue weighted by atomic mass is 9.85. The normalized spacial score (nSPS) is 25.8. The Labute approximate surface area is 108 Å². The molecule has 19 heavy (non-hydrogen) atoms. The van der Waals surface area contributed by atoms with Gasteiger partial charge >= 0.3 is 0 Å². The number of rotatable bonds is 3. The molecule has 0 heterocycles. The van der Waals surface area contributed by atoms with E-state index in [4.69, 9.17) is 5.73 Å². The van der Waals surface area contributed by atoms with Crippen LogP contribution in [0.3, 0.4) is 0 Å². The van der Waals surface area contributed by atoms with E-state index in [1.807, 2.05) is 0 Å². The number of benzene rings is 1. The minimum Gasteiger partial charge on any atom is -0.295 e. The number of hydrogen-bond donors (Lipinski definition) is 1. The number of allylic oxidation sites excluding steroid dienone is 1. The van der Waals surface area contributed by atoms with Crippen molar-refractivity contribution in [1.29, 1.82) is 0 Å². The molecule has 0 radical (unpaired) electrons. The van der Waals surface area contributed by atoms with Crippen molar-refractivity contribution in [3.05, 3.63) is 69.9 Å². The number of hydrogen-bond acceptors (Lipinski definition) is 4. The maximum atomic E-state index is 14.1. The average molecular weight is 262 g/mol. The van der Waals surface area contributed by atoms with Crippen LogP contribution in [0.1, 0.15) is 10.4 Å². The molecule has 1 aromatic rings. The Morgan fingerprint density at radius 1 is 1.37 bits per heavy atom. The fraction of sp³-hybridized carbons (Fsp3) is 0.154. The SMILES string of the molecule is N[C@]1(F)C=CC([N+](=O)[O-])=C[C@H]1C(=O)c1ccccc1. The minimum atomic E-state index is -2.42. The third kappa shape index (κ3) is 2.58. The van der Waals surface area contributed by atoms with Crippen LogP contribution < -0.4 is 5.73 Å². The van der Waals surface area contributed by atoms with Crippen LogP contribution in [0.5, 0.6) is 0 Å². The molecule has 0 saturated carbocycles. The third-order valence-corrected chi connectivity index (χ3v) is 2.88. The maximum Gasteiger partial charge on any atom is 0.266 e. The highest BCUT2D eigenvalue weighted by molar-refractivity contribution is 6.00. The van der Waals surface area contributed by atoms with Crippen LogP contribution in [0.4, 0.5) is 4.39 Å². The van der Waals surface area contributed by atoms with E-state index in [0.29, 0.717) is 0 Å². The van der Waals surface area contributed by atoms with Crippen molar-refractivity contribution in [2.24, 2.45) is 11.7 Å². The zero-order valence-corrected chi connectivity index (χ0v) is 9.82. The molecule has 0 fully saturated rings. The Kier molecular flexibility index (Phi) is 3.26. The first kappa shape index (κ1) is 13.1. The summed E-state index contributed by atoms with van der Waals surface area (Å²) in [6.45, 7) is 0. The third-order valence-electron chi connectivity index (χ3n) is 2.88. The lowest BCUT2D eigenvalue weighted by Crippen LogP contribution is -2.45. The van der Waals surface area contributed by atoms with Crippen molar-refractivity contribution in [2.75, 3.05) is 0 Å². The van der Waals surface area contributed by atoms with E-state index in [9.17, 15) is 19.3 Å². The van der Waals surface area contributed by atoms with Crippen LogP contribution in [0.2, 0.25) is 0 Å². The molecular formula is C13H11FN2O3. The molecule has 0 spiro atoms. The Morgan fingerprint density at radius 3 is 2.58 bits per heavy atom. The number of halogens is 1. The van der Waals surface area contributed by atoms with Gasteiger partial charge in [0.1, 0.15) is 0 Å². The average Bonchev–Trinajstić information content (AvgIpc) is 2.38. The van der Waals surface area contributed by atoms with Gasteiger partial charge in [-0.15, -0.1) is 0 Å². The molecule has 0 aliphatic heterocycles. The molecule has 0 saturated heterocycles. The van der Waals surface area contributed by atoms with Crippen molar-refractivity contribution >= 4 is 5.78 Å². The molecule has 1 aromatic carbocycles. The van der Waals surface area contributed by atoms with Gasteiger partial charge in [0.2, 0.25) is 0 Å². The standard InChI is InChI=1S/C13H11FN2O3/c14-13(15)7-6-10(16(18)19)8-11(13)12(17)9-4-2-1-3-5-9/h1-8,11H,15H2/t11-,13+/m0/s1. The van der Waals surface area contributed by atoms with Gasteiger partial charge in [-0.05, 0) is 6.08 Å². The molecule has 0 bridgehead atoms. The lowest BCUT2D eigenvalue weighted by Gasteiger charge is -2.25. The van der Waals surface area contributed by atoms with Crippen LogP contribution in [-0.4, -0.2) is 16.5 Å². The van der Waals surface area contributed by atoms with Gasteiger partial charge in [-0.25, -0.2) is 4.39 Å². The van der Waals surface area contributed by atoms with E-state index in [1.54, 1.807) is 18.2 Å². The zero-order valence-electron chi connectivity index (χ0n) is 9.82. The highest BCUT2D eigenvalue weighted by atomic mass is 19.1. The highest BCUT2D eigenvalue weighted by Gasteiger charge is 2.41. The predicted molar refractivity (Wildman–Crippen MR) is 66.5 cm³/mol. The van der Waals surface area contributed by atoms with Gasteiger partial charge in [0.05, 0.1) is 10.8 Å². The number of carbonyl (C=O) groups is 1. The number of nitro groups is 1. The topological polar surface area (TPSA) is 86.2 Å². The van der Waals surface area contributed by atoms with Crippen molar-refractivity contribution in [3.63, 3.8) is 0 Å². The fourth-order valence-electron chi connectivity index (χ4n) is 1.85. The van der Waals surface area contributed by atoms with Crippen LogP contribution in [-0.2, 0) is 0 Å². The largest absolute Gasteiger partial charge is 0.295 e. The first-order chi connectivity index (χ1) is 8.92. The van der Waals surface area contributed by atoms with E-state index >= 15 is 0 Å². The van der Waals surface area contributed by atoms with Crippen LogP contribution in [0.25, 0.3) is 0 Å². The molecule has 1 aliphatic carbocycles. The minimum absolute atomic E-state index is 0.259. The summed E-state index contributed by atoms with van der Waals surface area (Å²) in [7, 11) is 0. The van der Waals surface area contributed by atoms with Gasteiger partial charge in [-0.1, -0.05) is 30.3 Å². The van der Waals surface area contributed by atoms with Gasteiger partial charge in [-0.3, -0.25) is 20.6 Å². The van der Waals surface area contributed by atoms with Crippen molar-refractivity contribution < 1.29 is 14.1 Å². The summed E-state index contributed by atoms with van der Waals surface area (Å²) in [5.74, 6) is -4.42. The lowest BCUT2D eigenvalue weighted by molar-refractivity contribution is -0.419. The van der Waals surface area contributed by atoms with E-state index in [0.717, 1.165) is 18.2 Å². The highest BCUT2D eigenvalue weighted by Crippen LogP contribution is 2.29. The fourth-order valence-corrected chi connectivity index (χ4v) is 1.85. The van der Waals surface area contributed by atoms with Gasteiger partial charge in [0, 0.05) is 17.7 Å². The number of alkyl halides is 1. The van der Waals surface area contributed by atoms with Gasteiger partial charge in [0.25, 0.3) is 5.70 Å². The molecule has 6 heteroatoms. The van der Waals surface area contributed by atoms with E-state index in [2.05, 4.69) is 0 Å². The summed E-state index contributed by atoms with van der Waals surface area (Å²) < 4.78 is 14.1. The summed E-state index contributed by atoms with van der Waals surface area (Å²) in [5.41, 5.74) is 5.30.